The first kappa shape index (κ1) is 12.8. The van der Waals surface area contributed by atoms with Crippen molar-refractivity contribution in [3.63, 3.8) is 0 Å². The number of amides is 1. The summed E-state index contributed by atoms with van der Waals surface area (Å²) in [5, 5.41) is 0. The molecular formula is C16H15FN2O. The first-order chi connectivity index (χ1) is 9.75. The Kier molecular flexibility index (Phi) is 3.46. The average molecular weight is 270 g/mol. The van der Waals surface area contributed by atoms with Crippen molar-refractivity contribution in [3.05, 3.63) is 65.7 Å². The zero-order valence-electron chi connectivity index (χ0n) is 11.0. The van der Waals surface area contributed by atoms with Crippen molar-refractivity contribution in [3.8, 4) is 0 Å². The first-order valence-electron chi connectivity index (χ1n) is 6.71. The minimum atomic E-state index is -0.698. The quantitative estimate of drug-likeness (QED) is 0.800. The third-order valence-corrected chi connectivity index (χ3v) is 3.43. The summed E-state index contributed by atoms with van der Waals surface area (Å²) in [5.41, 5.74) is 1.10. The lowest BCUT2D eigenvalue weighted by molar-refractivity contribution is 0.0724. The van der Waals surface area contributed by atoms with E-state index in [-0.39, 0.29) is 17.5 Å². The standard InChI is InChI=1S/C16H15FN2O/c17-15-14(7-4-10-18-15)16(20)19(13-8-9-13)11-12-5-2-1-3-6-12/h1-7,10,13H,8-9,11H2. The smallest absolute Gasteiger partial charge is 0.259 e. The van der Waals surface area contributed by atoms with Crippen molar-refractivity contribution in [2.24, 2.45) is 0 Å². The molecule has 0 spiro atoms. The molecule has 1 aliphatic carbocycles. The molecule has 0 unspecified atom stereocenters. The van der Waals surface area contributed by atoms with Crippen molar-refractivity contribution >= 4 is 5.91 Å². The van der Waals surface area contributed by atoms with Gasteiger partial charge in [0, 0.05) is 18.8 Å². The molecule has 3 nitrogen and oxygen atoms in total. The zero-order chi connectivity index (χ0) is 13.9. The Labute approximate surface area is 117 Å². The maximum Gasteiger partial charge on any atom is 0.259 e. The molecule has 1 aliphatic rings. The van der Waals surface area contributed by atoms with Crippen molar-refractivity contribution in [1.29, 1.82) is 0 Å². The van der Waals surface area contributed by atoms with Crippen LogP contribution in [0.5, 0.6) is 0 Å². The van der Waals surface area contributed by atoms with Gasteiger partial charge in [-0.1, -0.05) is 30.3 Å². The van der Waals surface area contributed by atoms with Gasteiger partial charge in [-0.15, -0.1) is 0 Å². The molecule has 1 aromatic carbocycles. The number of pyridine rings is 1. The monoisotopic (exact) mass is 270 g/mol. The third kappa shape index (κ3) is 2.69. The van der Waals surface area contributed by atoms with Gasteiger partial charge in [-0.05, 0) is 30.5 Å². The minimum Gasteiger partial charge on any atom is -0.331 e. The van der Waals surface area contributed by atoms with Gasteiger partial charge in [-0.25, -0.2) is 4.98 Å². The van der Waals surface area contributed by atoms with E-state index in [4.69, 9.17) is 0 Å². The van der Waals surface area contributed by atoms with Gasteiger partial charge < -0.3 is 4.90 Å². The Morgan fingerprint density at radius 1 is 1.20 bits per heavy atom. The van der Waals surface area contributed by atoms with Gasteiger partial charge in [-0.2, -0.15) is 4.39 Å². The van der Waals surface area contributed by atoms with Gasteiger partial charge in [0.05, 0.1) is 5.56 Å². The highest BCUT2D eigenvalue weighted by Crippen LogP contribution is 2.30. The fraction of sp³-hybridized carbons (Fsp3) is 0.250. The Bertz CT molecular complexity index is 611. The average Bonchev–Trinajstić information content (AvgIpc) is 3.30. The predicted molar refractivity (Wildman–Crippen MR) is 73.5 cm³/mol. The number of aromatic nitrogens is 1. The second-order valence-corrected chi connectivity index (χ2v) is 4.99. The third-order valence-electron chi connectivity index (χ3n) is 3.43. The van der Waals surface area contributed by atoms with Crippen LogP contribution in [0, 0.1) is 5.95 Å². The zero-order valence-corrected chi connectivity index (χ0v) is 11.0. The highest BCUT2D eigenvalue weighted by Gasteiger charge is 2.34. The van der Waals surface area contributed by atoms with Crippen LogP contribution in [0.2, 0.25) is 0 Å². The number of rotatable bonds is 4. The number of benzene rings is 1. The summed E-state index contributed by atoms with van der Waals surface area (Å²) in [7, 11) is 0. The number of halogens is 1. The van der Waals surface area contributed by atoms with Gasteiger partial charge in [-0.3, -0.25) is 4.79 Å². The van der Waals surface area contributed by atoms with Gasteiger partial charge in [0.1, 0.15) is 0 Å². The topological polar surface area (TPSA) is 33.2 Å². The molecule has 0 radical (unpaired) electrons. The highest BCUT2D eigenvalue weighted by molar-refractivity contribution is 5.94. The van der Waals surface area contributed by atoms with Gasteiger partial charge in [0.25, 0.3) is 5.91 Å². The van der Waals surface area contributed by atoms with Crippen LogP contribution in [0.25, 0.3) is 0 Å². The van der Waals surface area contributed by atoms with Gasteiger partial charge >= 0.3 is 0 Å². The number of nitrogens with zero attached hydrogens (tertiary/aromatic N) is 2. The SMILES string of the molecule is O=C(c1cccnc1F)N(Cc1ccccc1)C1CC1. The fourth-order valence-corrected chi connectivity index (χ4v) is 2.23. The number of carbonyl (C=O) groups excluding carboxylic acids is 1. The van der Waals surface area contributed by atoms with Crippen LogP contribution >= 0.6 is 0 Å². The van der Waals surface area contributed by atoms with E-state index in [1.165, 1.54) is 12.3 Å². The maximum absolute atomic E-state index is 13.7. The molecule has 20 heavy (non-hydrogen) atoms. The van der Waals surface area contributed by atoms with Crippen LogP contribution in [0.15, 0.2) is 48.7 Å². The summed E-state index contributed by atoms with van der Waals surface area (Å²) < 4.78 is 13.7. The number of hydrogen-bond donors (Lipinski definition) is 0. The Balaban J connectivity index is 1.84. The minimum absolute atomic E-state index is 0.0512. The summed E-state index contributed by atoms with van der Waals surface area (Å²) in [4.78, 5) is 17.8. The van der Waals surface area contributed by atoms with Crippen LogP contribution in [0.3, 0.4) is 0 Å². The van der Waals surface area contributed by atoms with Crippen LogP contribution in [0.1, 0.15) is 28.8 Å². The maximum atomic E-state index is 13.7. The van der Waals surface area contributed by atoms with Crippen LogP contribution in [-0.2, 0) is 6.54 Å². The molecule has 1 saturated carbocycles. The molecule has 4 heteroatoms. The van der Waals surface area contributed by atoms with Crippen molar-refractivity contribution < 1.29 is 9.18 Å². The predicted octanol–water partition coefficient (Wildman–Crippen LogP) is 3.03. The van der Waals surface area contributed by atoms with Gasteiger partial charge in [0.15, 0.2) is 0 Å². The van der Waals surface area contributed by atoms with E-state index in [1.54, 1.807) is 11.0 Å². The fourth-order valence-electron chi connectivity index (χ4n) is 2.23. The molecule has 1 amide bonds. The van der Waals surface area contributed by atoms with E-state index in [0.29, 0.717) is 6.54 Å². The summed E-state index contributed by atoms with van der Waals surface area (Å²) in [5.74, 6) is -0.974. The summed E-state index contributed by atoms with van der Waals surface area (Å²) in [6, 6.07) is 13.1. The van der Waals surface area contributed by atoms with Crippen LogP contribution in [-0.4, -0.2) is 21.8 Å². The van der Waals surface area contributed by atoms with Crippen molar-refractivity contribution in [2.45, 2.75) is 25.4 Å². The molecule has 0 bridgehead atoms. The molecule has 1 fully saturated rings. The molecule has 1 aromatic heterocycles. The first-order valence-corrected chi connectivity index (χ1v) is 6.71. The molecule has 2 aromatic rings. The lowest BCUT2D eigenvalue weighted by Gasteiger charge is -2.22. The van der Waals surface area contributed by atoms with Crippen LogP contribution in [0.4, 0.5) is 4.39 Å². The van der Waals surface area contributed by atoms with Crippen LogP contribution < -0.4 is 0 Å². The van der Waals surface area contributed by atoms with E-state index in [1.807, 2.05) is 30.3 Å². The molecule has 0 N–H and O–H groups in total. The number of carbonyl (C=O) groups is 1. The van der Waals surface area contributed by atoms with Crippen molar-refractivity contribution in [1.82, 2.24) is 9.88 Å². The molecular weight excluding hydrogens is 255 g/mol. The van der Waals surface area contributed by atoms with E-state index in [2.05, 4.69) is 4.98 Å². The van der Waals surface area contributed by atoms with E-state index < -0.39 is 5.95 Å². The largest absolute Gasteiger partial charge is 0.331 e. The summed E-state index contributed by atoms with van der Waals surface area (Å²) >= 11 is 0. The Hall–Kier alpha value is -2.23. The molecule has 3 rings (SSSR count). The van der Waals surface area contributed by atoms with E-state index in [9.17, 15) is 9.18 Å². The number of hydrogen-bond acceptors (Lipinski definition) is 2. The van der Waals surface area contributed by atoms with E-state index in [0.717, 1.165) is 18.4 Å². The molecule has 0 aliphatic heterocycles. The van der Waals surface area contributed by atoms with E-state index >= 15 is 0 Å². The second-order valence-electron chi connectivity index (χ2n) is 4.99. The second kappa shape index (κ2) is 5.41. The van der Waals surface area contributed by atoms with Crippen molar-refractivity contribution in [2.75, 3.05) is 0 Å². The molecule has 0 atom stereocenters. The van der Waals surface area contributed by atoms with Gasteiger partial charge in [0.2, 0.25) is 5.95 Å². The normalized spacial score (nSPS) is 14.1. The lowest BCUT2D eigenvalue weighted by Crippen LogP contribution is -2.33. The summed E-state index contributed by atoms with van der Waals surface area (Å²) in [6.45, 7) is 0.513. The lowest BCUT2D eigenvalue weighted by atomic mass is 10.2. The Morgan fingerprint density at radius 2 is 1.95 bits per heavy atom. The Morgan fingerprint density at radius 3 is 2.60 bits per heavy atom. The molecule has 0 saturated heterocycles. The highest BCUT2D eigenvalue weighted by atomic mass is 19.1. The summed E-state index contributed by atoms with van der Waals surface area (Å²) in [6.07, 6.45) is 3.33. The molecule has 102 valence electrons. The molecule has 1 heterocycles.